The van der Waals surface area contributed by atoms with Crippen molar-refractivity contribution < 1.29 is 22.3 Å². The fourth-order valence-corrected chi connectivity index (χ4v) is 2.78. The van der Waals surface area contributed by atoms with Gasteiger partial charge in [-0.25, -0.2) is 4.98 Å². The second kappa shape index (κ2) is 8.29. The highest BCUT2D eigenvalue weighted by molar-refractivity contribution is 5.54. The van der Waals surface area contributed by atoms with E-state index in [-0.39, 0.29) is 11.2 Å². The van der Waals surface area contributed by atoms with Crippen LogP contribution >= 0.6 is 0 Å². The number of hydrogen-bond donors (Lipinski definition) is 1. The van der Waals surface area contributed by atoms with E-state index >= 15 is 0 Å². The third-order valence-electron chi connectivity index (χ3n) is 4.34. The Morgan fingerprint density at radius 2 is 1.59 bits per heavy atom. The third kappa shape index (κ3) is 6.09. The van der Waals surface area contributed by atoms with E-state index in [4.69, 9.17) is 4.42 Å². The maximum atomic E-state index is 12.2. The van der Waals surface area contributed by atoms with Crippen LogP contribution in [0.4, 0.5) is 13.2 Å². The van der Waals surface area contributed by atoms with Crippen LogP contribution in [0.2, 0.25) is 0 Å². The van der Waals surface area contributed by atoms with E-state index in [1.807, 2.05) is 0 Å². The average Bonchev–Trinajstić information content (AvgIpc) is 3.10. The van der Waals surface area contributed by atoms with Crippen LogP contribution in [0, 0.1) is 0 Å². The number of benzene rings is 2. The molecule has 0 saturated heterocycles. The fourth-order valence-electron chi connectivity index (χ4n) is 2.78. The molecule has 0 aliphatic heterocycles. The summed E-state index contributed by atoms with van der Waals surface area (Å²) in [5.41, 5.74) is 3.86. The van der Waals surface area contributed by atoms with E-state index in [1.165, 1.54) is 41.7 Å². The van der Waals surface area contributed by atoms with E-state index in [1.54, 1.807) is 0 Å². The van der Waals surface area contributed by atoms with Gasteiger partial charge in [0.25, 0.3) is 0 Å². The molecule has 0 fully saturated rings. The van der Waals surface area contributed by atoms with Crippen molar-refractivity contribution >= 4 is 0 Å². The molecule has 4 nitrogen and oxygen atoms in total. The van der Waals surface area contributed by atoms with Crippen LogP contribution in [0.3, 0.4) is 0 Å². The second-order valence-electron chi connectivity index (χ2n) is 7.77. The number of halogens is 3. The number of oxazole rings is 1. The molecule has 3 rings (SSSR count). The van der Waals surface area contributed by atoms with Crippen molar-refractivity contribution in [2.24, 2.45) is 0 Å². The molecule has 0 atom stereocenters. The van der Waals surface area contributed by atoms with Gasteiger partial charge in [-0.15, -0.1) is 13.2 Å². The molecule has 0 spiro atoms. The van der Waals surface area contributed by atoms with Gasteiger partial charge in [0.2, 0.25) is 5.89 Å². The SMILES string of the molecule is CC(C)(C)c1ccc(CNCc2coc(-c3ccc(OC(F)(F)F)cc3)n2)cc1. The first-order valence-corrected chi connectivity index (χ1v) is 9.21. The standard InChI is InChI=1S/C22H23F3N2O2/c1-21(2,3)17-8-4-15(5-9-17)12-26-13-18-14-28-20(27-18)16-6-10-19(11-7-16)29-22(23,24)25/h4-11,14,26H,12-13H2,1-3H3. The summed E-state index contributed by atoms with van der Waals surface area (Å²) in [5, 5.41) is 3.31. The molecule has 154 valence electrons. The quantitative estimate of drug-likeness (QED) is 0.562. The van der Waals surface area contributed by atoms with Gasteiger partial charge in [0.1, 0.15) is 12.0 Å². The van der Waals surface area contributed by atoms with Crippen molar-refractivity contribution in [2.45, 2.75) is 45.6 Å². The van der Waals surface area contributed by atoms with Crippen LogP contribution in [0.5, 0.6) is 5.75 Å². The lowest BCUT2D eigenvalue weighted by atomic mass is 9.87. The Balaban J connectivity index is 1.54. The first-order valence-electron chi connectivity index (χ1n) is 9.21. The van der Waals surface area contributed by atoms with Crippen molar-refractivity contribution in [2.75, 3.05) is 0 Å². The number of ether oxygens (including phenoxy) is 1. The number of aromatic nitrogens is 1. The molecular formula is C22H23F3N2O2. The first-order chi connectivity index (χ1) is 13.6. The van der Waals surface area contributed by atoms with Crippen molar-refractivity contribution in [3.8, 4) is 17.2 Å². The van der Waals surface area contributed by atoms with E-state index in [9.17, 15) is 13.2 Å². The second-order valence-corrected chi connectivity index (χ2v) is 7.77. The van der Waals surface area contributed by atoms with Crippen LogP contribution in [0.1, 0.15) is 37.6 Å². The highest BCUT2D eigenvalue weighted by Crippen LogP contribution is 2.26. The molecule has 0 amide bonds. The highest BCUT2D eigenvalue weighted by atomic mass is 19.4. The van der Waals surface area contributed by atoms with Gasteiger partial charge >= 0.3 is 6.36 Å². The van der Waals surface area contributed by atoms with Gasteiger partial charge in [0.05, 0.1) is 5.69 Å². The fraction of sp³-hybridized carbons (Fsp3) is 0.318. The highest BCUT2D eigenvalue weighted by Gasteiger charge is 2.31. The number of hydrogen-bond acceptors (Lipinski definition) is 4. The molecule has 1 heterocycles. The lowest BCUT2D eigenvalue weighted by molar-refractivity contribution is -0.274. The zero-order valence-corrected chi connectivity index (χ0v) is 16.5. The Hall–Kier alpha value is -2.80. The molecule has 0 aliphatic carbocycles. The van der Waals surface area contributed by atoms with Gasteiger partial charge in [-0.2, -0.15) is 0 Å². The Labute approximate surface area is 167 Å². The van der Waals surface area contributed by atoms with E-state index in [0.29, 0.717) is 30.2 Å². The Morgan fingerprint density at radius 3 is 2.17 bits per heavy atom. The molecule has 0 radical (unpaired) electrons. The number of nitrogens with one attached hydrogen (secondary N) is 1. The van der Waals surface area contributed by atoms with Crippen LogP contribution in [0.15, 0.2) is 59.2 Å². The summed E-state index contributed by atoms with van der Waals surface area (Å²) >= 11 is 0. The number of rotatable bonds is 6. The summed E-state index contributed by atoms with van der Waals surface area (Å²) in [6.07, 6.45) is -3.18. The van der Waals surface area contributed by atoms with E-state index in [2.05, 4.69) is 60.1 Å². The lowest BCUT2D eigenvalue weighted by Crippen LogP contribution is -2.16. The topological polar surface area (TPSA) is 47.3 Å². The summed E-state index contributed by atoms with van der Waals surface area (Å²) in [6.45, 7) is 7.74. The van der Waals surface area contributed by atoms with Gasteiger partial charge in [-0.1, -0.05) is 45.0 Å². The number of alkyl halides is 3. The summed E-state index contributed by atoms with van der Waals surface area (Å²) in [7, 11) is 0. The molecule has 1 aromatic heterocycles. The van der Waals surface area contributed by atoms with Crippen molar-refractivity contribution in [1.29, 1.82) is 0 Å². The molecule has 0 bridgehead atoms. The van der Waals surface area contributed by atoms with Crippen molar-refractivity contribution in [1.82, 2.24) is 10.3 Å². The smallest absolute Gasteiger partial charge is 0.444 e. The lowest BCUT2D eigenvalue weighted by Gasteiger charge is -2.19. The average molecular weight is 404 g/mol. The predicted octanol–water partition coefficient (Wildman–Crippen LogP) is 5.83. The summed E-state index contributed by atoms with van der Waals surface area (Å²) in [6, 6.07) is 13.9. The predicted molar refractivity (Wildman–Crippen MR) is 104 cm³/mol. The zero-order valence-electron chi connectivity index (χ0n) is 16.5. The summed E-state index contributed by atoms with van der Waals surface area (Å²) in [4.78, 5) is 4.37. The van der Waals surface area contributed by atoms with Gasteiger partial charge in [-0.3, -0.25) is 0 Å². The van der Waals surface area contributed by atoms with Gasteiger partial charge < -0.3 is 14.5 Å². The summed E-state index contributed by atoms with van der Waals surface area (Å²) in [5.74, 6) is 0.0575. The van der Waals surface area contributed by atoms with Crippen molar-refractivity contribution in [3.63, 3.8) is 0 Å². The maximum absolute atomic E-state index is 12.2. The molecule has 29 heavy (non-hydrogen) atoms. The van der Waals surface area contributed by atoms with Gasteiger partial charge in [-0.05, 0) is 40.8 Å². The Kier molecular flexibility index (Phi) is 5.98. The molecule has 1 N–H and O–H groups in total. The first kappa shape index (κ1) is 20.9. The van der Waals surface area contributed by atoms with Crippen LogP contribution < -0.4 is 10.1 Å². The van der Waals surface area contributed by atoms with Gasteiger partial charge in [0, 0.05) is 18.7 Å². The minimum Gasteiger partial charge on any atom is -0.444 e. The molecule has 0 aliphatic rings. The largest absolute Gasteiger partial charge is 0.573 e. The van der Waals surface area contributed by atoms with Crippen LogP contribution in [-0.2, 0) is 18.5 Å². The normalized spacial score (nSPS) is 12.2. The maximum Gasteiger partial charge on any atom is 0.573 e. The Morgan fingerprint density at radius 1 is 0.931 bits per heavy atom. The minimum absolute atomic E-state index is 0.125. The summed E-state index contributed by atoms with van der Waals surface area (Å²) < 4.78 is 46.0. The Bertz CT molecular complexity index is 924. The van der Waals surface area contributed by atoms with E-state index in [0.717, 1.165) is 0 Å². The van der Waals surface area contributed by atoms with Crippen LogP contribution in [-0.4, -0.2) is 11.3 Å². The zero-order chi connectivity index (χ0) is 21.1. The molecule has 0 saturated carbocycles. The molecule has 7 heteroatoms. The van der Waals surface area contributed by atoms with E-state index < -0.39 is 6.36 Å². The van der Waals surface area contributed by atoms with Crippen LogP contribution in [0.25, 0.3) is 11.5 Å². The van der Waals surface area contributed by atoms with Gasteiger partial charge in [0.15, 0.2) is 0 Å². The molecule has 3 aromatic rings. The monoisotopic (exact) mass is 404 g/mol. The molecular weight excluding hydrogens is 381 g/mol. The molecule has 0 unspecified atom stereocenters. The minimum atomic E-state index is -4.71. The third-order valence-corrected chi connectivity index (χ3v) is 4.34. The number of nitrogens with zero attached hydrogens (tertiary/aromatic N) is 1. The van der Waals surface area contributed by atoms with Crippen molar-refractivity contribution in [3.05, 3.63) is 71.6 Å². The molecule has 2 aromatic carbocycles.